The van der Waals surface area contributed by atoms with Crippen molar-refractivity contribution in [2.45, 2.75) is 18.8 Å². The highest BCUT2D eigenvalue weighted by Gasteiger charge is 2.27. The Balaban J connectivity index is 1.98. The van der Waals surface area contributed by atoms with Crippen LogP contribution in [0.1, 0.15) is 33.7 Å². The molecule has 3 aromatic carbocycles. The second-order valence-corrected chi connectivity index (χ2v) is 6.63. The fraction of sp³-hybridized carbons (Fsp3) is 0.182. The molecule has 1 atom stereocenters. The lowest BCUT2D eigenvalue weighted by Crippen LogP contribution is -2.06. The van der Waals surface area contributed by atoms with E-state index in [0.717, 1.165) is 40.7 Å². The van der Waals surface area contributed by atoms with Crippen LogP contribution in [-0.2, 0) is 12.8 Å². The summed E-state index contributed by atoms with van der Waals surface area (Å²) in [5.41, 5.74) is 5.34. The number of ether oxygens (including phenoxy) is 1. The number of hydrogen-bond acceptors (Lipinski definition) is 4. The lowest BCUT2D eigenvalue weighted by molar-refractivity contribution is 0.372. The Hall–Kier alpha value is -3.14. The Labute approximate surface area is 151 Å². The summed E-state index contributed by atoms with van der Waals surface area (Å²) in [5.74, 6) is 0.967. The monoisotopic (exact) mass is 348 g/mol. The standard InChI is InChI=1S/C22H20O4/c1-26-21-12-19-15(11-20(21)25)3-2-14-10-17(24)8-9-18(14)22(19)13-4-6-16(23)7-5-13/h4-12,22-25H,2-3H2,1H3. The number of benzene rings is 3. The molecule has 0 bridgehead atoms. The summed E-state index contributed by atoms with van der Waals surface area (Å²) in [7, 11) is 1.54. The summed E-state index contributed by atoms with van der Waals surface area (Å²) in [6, 6.07) is 16.3. The zero-order valence-corrected chi connectivity index (χ0v) is 14.4. The van der Waals surface area contributed by atoms with Crippen molar-refractivity contribution in [1.29, 1.82) is 0 Å². The van der Waals surface area contributed by atoms with E-state index >= 15 is 0 Å². The van der Waals surface area contributed by atoms with Crippen LogP contribution in [0.2, 0.25) is 0 Å². The number of methoxy groups -OCH3 is 1. The van der Waals surface area contributed by atoms with E-state index in [1.54, 1.807) is 31.4 Å². The maximum absolute atomic E-state index is 10.2. The van der Waals surface area contributed by atoms with E-state index in [1.165, 1.54) is 0 Å². The fourth-order valence-electron chi connectivity index (χ4n) is 3.83. The lowest BCUT2D eigenvalue weighted by atomic mass is 9.82. The first-order chi connectivity index (χ1) is 12.6. The highest BCUT2D eigenvalue weighted by Crippen LogP contribution is 2.43. The Morgan fingerprint density at radius 2 is 1.42 bits per heavy atom. The van der Waals surface area contributed by atoms with Crippen LogP contribution in [0.5, 0.6) is 23.0 Å². The molecule has 4 nitrogen and oxygen atoms in total. The number of rotatable bonds is 2. The topological polar surface area (TPSA) is 69.9 Å². The van der Waals surface area contributed by atoms with Gasteiger partial charge in [-0.15, -0.1) is 0 Å². The molecule has 0 aromatic heterocycles. The summed E-state index contributed by atoms with van der Waals surface area (Å²) in [6.45, 7) is 0. The number of aromatic hydroxyl groups is 3. The van der Waals surface area contributed by atoms with Gasteiger partial charge < -0.3 is 20.1 Å². The summed E-state index contributed by atoms with van der Waals surface area (Å²) < 4.78 is 5.33. The van der Waals surface area contributed by atoms with Gasteiger partial charge in [-0.2, -0.15) is 0 Å². The van der Waals surface area contributed by atoms with E-state index in [9.17, 15) is 15.3 Å². The Bertz CT molecular complexity index is 961. The average Bonchev–Trinajstić information content (AvgIpc) is 2.78. The average molecular weight is 348 g/mol. The maximum Gasteiger partial charge on any atom is 0.160 e. The molecule has 1 aliphatic carbocycles. The van der Waals surface area contributed by atoms with Crippen molar-refractivity contribution < 1.29 is 20.1 Å². The fourth-order valence-corrected chi connectivity index (χ4v) is 3.83. The van der Waals surface area contributed by atoms with Crippen LogP contribution in [0.25, 0.3) is 0 Å². The van der Waals surface area contributed by atoms with Gasteiger partial charge in [0.15, 0.2) is 11.5 Å². The Kier molecular flexibility index (Phi) is 3.96. The molecule has 1 aliphatic rings. The predicted molar refractivity (Wildman–Crippen MR) is 99.2 cm³/mol. The van der Waals surface area contributed by atoms with Crippen LogP contribution in [0.15, 0.2) is 54.6 Å². The van der Waals surface area contributed by atoms with Gasteiger partial charge in [-0.3, -0.25) is 0 Å². The number of hydrogen-bond donors (Lipinski definition) is 3. The smallest absolute Gasteiger partial charge is 0.160 e. The molecule has 0 heterocycles. The van der Waals surface area contributed by atoms with Gasteiger partial charge in [0.1, 0.15) is 11.5 Å². The van der Waals surface area contributed by atoms with Gasteiger partial charge in [-0.05, 0) is 77.1 Å². The van der Waals surface area contributed by atoms with Gasteiger partial charge in [0.25, 0.3) is 0 Å². The van der Waals surface area contributed by atoms with Gasteiger partial charge >= 0.3 is 0 Å². The molecule has 4 rings (SSSR count). The maximum atomic E-state index is 10.2. The first-order valence-electron chi connectivity index (χ1n) is 8.57. The van der Waals surface area contributed by atoms with Gasteiger partial charge in [-0.25, -0.2) is 0 Å². The van der Waals surface area contributed by atoms with E-state index in [-0.39, 0.29) is 23.2 Å². The largest absolute Gasteiger partial charge is 0.508 e. The summed E-state index contributed by atoms with van der Waals surface area (Å²) in [4.78, 5) is 0. The molecule has 4 heteroatoms. The van der Waals surface area contributed by atoms with Crippen molar-refractivity contribution in [3.05, 3.63) is 82.4 Å². The molecular formula is C22H20O4. The third kappa shape index (κ3) is 2.73. The lowest BCUT2D eigenvalue weighted by Gasteiger charge is -2.22. The molecule has 3 aromatic rings. The minimum atomic E-state index is -0.0711. The Morgan fingerprint density at radius 1 is 0.769 bits per heavy atom. The zero-order chi connectivity index (χ0) is 18.3. The van der Waals surface area contributed by atoms with E-state index in [2.05, 4.69) is 0 Å². The van der Waals surface area contributed by atoms with Crippen LogP contribution in [-0.4, -0.2) is 22.4 Å². The van der Waals surface area contributed by atoms with Crippen molar-refractivity contribution >= 4 is 0 Å². The van der Waals surface area contributed by atoms with Gasteiger partial charge in [0.05, 0.1) is 7.11 Å². The highest BCUT2D eigenvalue weighted by atomic mass is 16.5. The molecule has 0 amide bonds. The van der Waals surface area contributed by atoms with Crippen LogP contribution in [0, 0.1) is 0 Å². The van der Waals surface area contributed by atoms with Crippen LogP contribution >= 0.6 is 0 Å². The number of fused-ring (bicyclic) bond motifs is 2. The third-order valence-electron chi connectivity index (χ3n) is 5.08. The first kappa shape index (κ1) is 16.3. The molecule has 0 spiro atoms. The molecular weight excluding hydrogens is 328 g/mol. The molecule has 26 heavy (non-hydrogen) atoms. The van der Waals surface area contributed by atoms with Crippen molar-refractivity contribution in [2.24, 2.45) is 0 Å². The number of aryl methyl sites for hydroxylation is 2. The molecule has 0 saturated heterocycles. The molecule has 0 aliphatic heterocycles. The zero-order valence-electron chi connectivity index (χ0n) is 14.4. The SMILES string of the molecule is COc1cc2c(cc1O)CCc1cc(O)ccc1C2c1ccc(O)cc1. The molecule has 0 fully saturated rings. The van der Waals surface area contributed by atoms with E-state index < -0.39 is 0 Å². The molecule has 1 unspecified atom stereocenters. The minimum absolute atomic E-state index is 0.0711. The summed E-state index contributed by atoms with van der Waals surface area (Å²) >= 11 is 0. The molecule has 3 N–H and O–H groups in total. The van der Waals surface area contributed by atoms with Crippen molar-refractivity contribution in [3.8, 4) is 23.0 Å². The summed E-state index contributed by atoms with van der Waals surface area (Å²) in [5, 5.41) is 29.8. The van der Waals surface area contributed by atoms with Crippen molar-refractivity contribution in [1.82, 2.24) is 0 Å². The third-order valence-corrected chi connectivity index (χ3v) is 5.08. The van der Waals surface area contributed by atoms with E-state index in [1.807, 2.05) is 30.3 Å². The van der Waals surface area contributed by atoms with Gasteiger partial charge in [0, 0.05) is 5.92 Å². The first-order valence-corrected chi connectivity index (χ1v) is 8.57. The van der Waals surface area contributed by atoms with E-state index in [4.69, 9.17) is 4.74 Å². The van der Waals surface area contributed by atoms with Gasteiger partial charge in [0.2, 0.25) is 0 Å². The van der Waals surface area contributed by atoms with Crippen molar-refractivity contribution in [3.63, 3.8) is 0 Å². The highest BCUT2D eigenvalue weighted by molar-refractivity contribution is 5.57. The second-order valence-electron chi connectivity index (χ2n) is 6.63. The van der Waals surface area contributed by atoms with Crippen LogP contribution < -0.4 is 4.74 Å². The quantitative estimate of drug-likeness (QED) is 0.652. The molecule has 0 radical (unpaired) electrons. The van der Waals surface area contributed by atoms with E-state index in [0.29, 0.717) is 5.75 Å². The molecule has 0 saturated carbocycles. The number of phenolic OH excluding ortho intramolecular Hbond substituents is 3. The minimum Gasteiger partial charge on any atom is -0.508 e. The molecule has 132 valence electrons. The number of phenols is 3. The Morgan fingerprint density at radius 3 is 2.12 bits per heavy atom. The normalized spacial score (nSPS) is 15.7. The van der Waals surface area contributed by atoms with Gasteiger partial charge in [-0.1, -0.05) is 18.2 Å². The summed E-state index contributed by atoms with van der Waals surface area (Å²) in [6.07, 6.45) is 1.54. The predicted octanol–water partition coefficient (Wildman–Crippen LogP) is 4.09. The van der Waals surface area contributed by atoms with Crippen LogP contribution in [0.3, 0.4) is 0 Å². The van der Waals surface area contributed by atoms with Crippen molar-refractivity contribution in [2.75, 3.05) is 7.11 Å². The second kappa shape index (κ2) is 6.30. The van der Waals surface area contributed by atoms with Crippen LogP contribution in [0.4, 0.5) is 0 Å².